The van der Waals surface area contributed by atoms with E-state index >= 15 is 0 Å². The van der Waals surface area contributed by atoms with Crippen LogP contribution in [0, 0.1) is 0 Å². The van der Waals surface area contributed by atoms with E-state index in [1.54, 1.807) is 7.11 Å². The molecule has 1 amide bonds. The zero-order valence-electron chi connectivity index (χ0n) is 13.4. The summed E-state index contributed by atoms with van der Waals surface area (Å²) in [5.74, 6) is 1.62. The highest BCUT2D eigenvalue weighted by Crippen LogP contribution is 2.36. The van der Waals surface area contributed by atoms with Gasteiger partial charge in [-0.25, -0.2) is 0 Å². The number of nitrogens with two attached hydrogens (primary N) is 1. The van der Waals surface area contributed by atoms with Gasteiger partial charge in [-0.1, -0.05) is 0 Å². The quantitative estimate of drug-likeness (QED) is 0.528. The van der Waals surface area contributed by atoms with Crippen molar-refractivity contribution in [1.29, 1.82) is 0 Å². The van der Waals surface area contributed by atoms with E-state index < -0.39 is 0 Å². The molecule has 1 saturated carbocycles. The van der Waals surface area contributed by atoms with Crippen molar-refractivity contribution in [1.82, 2.24) is 30.3 Å². The van der Waals surface area contributed by atoms with Crippen molar-refractivity contribution in [3.05, 3.63) is 23.4 Å². The molecule has 0 spiro atoms. The molecule has 2 aromatic heterocycles. The van der Waals surface area contributed by atoms with Crippen LogP contribution < -0.4 is 11.1 Å². The fraction of sp³-hybridized carbons (Fsp3) is 0.571. The number of carbonyl (C=O) groups is 1. The Labute approximate surface area is 138 Å². The maximum atomic E-state index is 12.0. The van der Waals surface area contributed by atoms with Gasteiger partial charge in [0.25, 0.3) is 5.91 Å². The second-order valence-electron chi connectivity index (χ2n) is 5.82. The number of aliphatic hydroxyl groups excluding tert-OH is 1. The first-order valence-corrected chi connectivity index (χ1v) is 7.76. The smallest absolute Gasteiger partial charge is 0.269 e. The average Bonchev–Trinajstić information content (AvgIpc) is 3.14. The molecule has 0 bridgehead atoms. The van der Waals surface area contributed by atoms with Crippen LogP contribution in [0.1, 0.15) is 40.9 Å². The second kappa shape index (κ2) is 6.97. The highest BCUT2D eigenvalue weighted by atomic mass is 16.5. The Kier molecular flexibility index (Phi) is 4.76. The van der Waals surface area contributed by atoms with Gasteiger partial charge in [-0.15, -0.1) is 10.2 Å². The number of nitrogens with zero attached hydrogens (tertiary/aromatic N) is 4. The summed E-state index contributed by atoms with van der Waals surface area (Å²) in [4.78, 5) is 12.0. The summed E-state index contributed by atoms with van der Waals surface area (Å²) in [7, 11) is 1.62. The highest BCUT2D eigenvalue weighted by Gasteiger charge is 2.35. The summed E-state index contributed by atoms with van der Waals surface area (Å²) in [5.41, 5.74) is 5.84. The number of H-pyrrole nitrogens is 1. The number of nitrogen functional groups attached to an aromatic ring is 1. The predicted octanol–water partition coefficient (Wildman–Crippen LogP) is -0.602. The molecule has 1 aliphatic rings. The molecule has 0 aromatic carbocycles. The van der Waals surface area contributed by atoms with Gasteiger partial charge in [0, 0.05) is 31.7 Å². The van der Waals surface area contributed by atoms with Crippen molar-refractivity contribution in [2.45, 2.75) is 38.0 Å². The number of aliphatic hydroxyl groups is 1. The summed E-state index contributed by atoms with van der Waals surface area (Å²) < 4.78 is 6.98. The Morgan fingerprint density at radius 1 is 1.54 bits per heavy atom. The van der Waals surface area contributed by atoms with Gasteiger partial charge < -0.3 is 25.5 Å². The SMILES string of the molecule is COCCn1c(CO)nnc1C1CC(NC(=O)c2cc(N)n[nH]2)C1. The van der Waals surface area contributed by atoms with Gasteiger partial charge in [0.2, 0.25) is 0 Å². The normalized spacial score (nSPS) is 19.9. The van der Waals surface area contributed by atoms with E-state index in [4.69, 9.17) is 10.5 Å². The molecule has 0 saturated heterocycles. The number of methoxy groups -OCH3 is 1. The average molecular weight is 335 g/mol. The third-order valence-corrected chi connectivity index (χ3v) is 4.20. The van der Waals surface area contributed by atoms with E-state index in [1.165, 1.54) is 6.07 Å². The lowest BCUT2D eigenvalue weighted by molar-refractivity contribution is 0.0901. The van der Waals surface area contributed by atoms with Gasteiger partial charge in [-0.2, -0.15) is 5.10 Å². The molecule has 24 heavy (non-hydrogen) atoms. The summed E-state index contributed by atoms with van der Waals surface area (Å²) in [5, 5.41) is 26.8. The molecule has 10 nitrogen and oxygen atoms in total. The van der Waals surface area contributed by atoms with Crippen molar-refractivity contribution in [2.24, 2.45) is 0 Å². The number of rotatable bonds is 7. The van der Waals surface area contributed by atoms with Gasteiger partial charge in [0.15, 0.2) is 5.82 Å². The number of aromatic nitrogens is 5. The summed E-state index contributed by atoms with van der Waals surface area (Å²) in [6, 6.07) is 1.57. The van der Waals surface area contributed by atoms with Crippen molar-refractivity contribution in [2.75, 3.05) is 19.5 Å². The lowest BCUT2D eigenvalue weighted by Gasteiger charge is -2.35. The van der Waals surface area contributed by atoms with Crippen molar-refractivity contribution in [3.63, 3.8) is 0 Å². The van der Waals surface area contributed by atoms with Gasteiger partial charge in [-0.05, 0) is 12.8 Å². The Balaban J connectivity index is 1.58. The van der Waals surface area contributed by atoms with E-state index in [2.05, 4.69) is 25.7 Å². The van der Waals surface area contributed by atoms with Gasteiger partial charge in [0.05, 0.1) is 6.61 Å². The molecular weight excluding hydrogens is 314 g/mol. The van der Waals surface area contributed by atoms with Crippen LogP contribution in [0.25, 0.3) is 0 Å². The summed E-state index contributed by atoms with van der Waals surface area (Å²) >= 11 is 0. The van der Waals surface area contributed by atoms with Crippen molar-refractivity contribution in [3.8, 4) is 0 Å². The first kappa shape index (κ1) is 16.4. The molecule has 1 fully saturated rings. The molecule has 0 unspecified atom stereocenters. The van der Waals surface area contributed by atoms with E-state index in [1.807, 2.05) is 4.57 Å². The van der Waals surface area contributed by atoms with Crippen LogP contribution in [0.4, 0.5) is 5.82 Å². The number of hydrogen-bond donors (Lipinski definition) is 4. The molecule has 3 rings (SSSR count). The van der Waals surface area contributed by atoms with Crippen molar-refractivity contribution >= 4 is 11.7 Å². The topological polar surface area (TPSA) is 144 Å². The van der Waals surface area contributed by atoms with Crippen LogP contribution >= 0.6 is 0 Å². The standard InChI is InChI=1S/C14H21N7O3/c1-24-3-2-21-12(7-22)19-20-13(21)8-4-9(5-8)16-14(23)10-6-11(15)18-17-10/h6,8-9,22H,2-5,7H2,1H3,(H,16,23)(H3,15,17,18). The minimum Gasteiger partial charge on any atom is -0.388 e. The van der Waals surface area contributed by atoms with Gasteiger partial charge in [-0.3, -0.25) is 9.89 Å². The Morgan fingerprint density at radius 2 is 2.33 bits per heavy atom. The summed E-state index contributed by atoms with van der Waals surface area (Å²) in [6.45, 7) is 0.951. The van der Waals surface area contributed by atoms with Crippen LogP contribution in [-0.2, 0) is 17.9 Å². The number of aromatic amines is 1. The Morgan fingerprint density at radius 3 is 2.96 bits per heavy atom. The van der Waals surface area contributed by atoms with Crippen LogP contribution in [0.15, 0.2) is 6.07 Å². The fourth-order valence-corrected chi connectivity index (χ4v) is 2.86. The zero-order valence-corrected chi connectivity index (χ0v) is 13.4. The molecule has 2 heterocycles. The number of hydrogen-bond acceptors (Lipinski definition) is 7. The second-order valence-corrected chi connectivity index (χ2v) is 5.82. The largest absolute Gasteiger partial charge is 0.388 e. The number of carbonyl (C=O) groups excluding carboxylic acids is 1. The van der Waals surface area contributed by atoms with Crippen LogP contribution in [0.2, 0.25) is 0 Å². The Hall–Kier alpha value is -2.46. The lowest BCUT2D eigenvalue weighted by Crippen LogP contribution is -2.44. The molecule has 5 N–H and O–H groups in total. The Bertz CT molecular complexity index is 705. The third kappa shape index (κ3) is 3.24. The molecular formula is C14H21N7O3. The molecule has 10 heteroatoms. The van der Waals surface area contributed by atoms with E-state index in [9.17, 15) is 9.90 Å². The lowest BCUT2D eigenvalue weighted by atomic mass is 9.79. The fourth-order valence-electron chi connectivity index (χ4n) is 2.86. The van der Waals surface area contributed by atoms with Gasteiger partial charge >= 0.3 is 0 Å². The molecule has 2 aromatic rings. The van der Waals surface area contributed by atoms with E-state index in [0.717, 1.165) is 18.7 Å². The first-order chi connectivity index (χ1) is 11.6. The van der Waals surface area contributed by atoms with E-state index in [-0.39, 0.29) is 30.3 Å². The van der Waals surface area contributed by atoms with E-state index in [0.29, 0.717) is 24.7 Å². The van der Waals surface area contributed by atoms with Crippen LogP contribution in [0.5, 0.6) is 0 Å². The maximum absolute atomic E-state index is 12.0. The van der Waals surface area contributed by atoms with Crippen molar-refractivity contribution < 1.29 is 14.6 Å². The minimum atomic E-state index is -0.223. The molecule has 130 valence electrons. The molecule has 0 aliphatic heterocycles. The van der Waals surface area contributed by atoms with Crippen LogP contribution in [-0.4, -0.2) is 55.7 Å². The number of anilines is 1. The monoisotopic (exact) mass is 335 g/mol. The number of ether oxygens (including phenoxy) is 1. The predicted molar refractivity (Wildman–Crippen MR) is 84.1 cm³/mol. The summed E-state index contributed by atoms with van der Waals surface area (Å²) in [6.07, 6.45) is 1.54. The first-order valence-electron chi connectivity index (χ1n) is 7.76. The molecule has 0 radical (unpaired) electrons. The number of nitrogens with one attached hydrogen (secondary N) is 2. The maximum Gasteiger partial charge on any atom is 0.269 e. The zero-order chi connectivity index (χ0) is 17.1. The molecule has 1 aliphatic carbocycles. The third-order valence-electron chi connectivity index (χ3n) is 4.20. The highest BCUT2D eigenvalue weighted by molar-refractivity contribution is 5.93. The van der Waals surface area contributed by atoms with Gasteiger partial charge in [0.1, 0.15) is 23.9 Å². The number of amides is 1. The minimum absolute atomic E-state index is 0.0668. The molecule has 0 atom stereocenters. The van der Waals surface area contributed by atoms with Crippen LogP contribution in [0.3, 0.4) is 0 Å².